The van der Waals surface area contributed by atoms with Crippen molar-refractivity contribution >= 4 is 5.91 Å². The molecule has 0 aliphatic carbocycles. The van der Waals surface area contributed by atoms with E-state index in [1.165, 1.54) is 5.56 Å². The SMILES string of the molecule is Cc1ccc(C(=O)N(C)C2CCN(C(C)C)CC2)cc1. The number of hydrogen-bond acceptors (Lipinski definition) is 2. The third-order valence-electron chi connectivity index (χ3n) is 4.40. The summed E-state index contributed by atoms with van der Waals surface area (Å²) in [6.45, 7) is 8.70. The van der Waals surface area contributed by atoms with Crippen molar-refractivity contribution in [1.29, 1.82) is 0 Å². The predicted molar refractivity (Wildman–Crippen MR) is 83.0 cm³/mol. The second kappa shape index (κ2) is 6.40. The highest BCUT2D eigenvalue weighted by Crippen LogP contribution is 2.19. The Labute approximate surface area is 122 Å². The number of nitrogens with zero attached hydrogens (tertiary/aromatic N) is 2. The summed E-state index contributed by atoms with van der Waals surface area (Å²) in [7, 11) is 1.94. The van der Waals surface area contributed by atoms with Gasteiger partial charge in [0.1, 0.15) is 0 Å². The zero-order valence-electron chi connectivity index (χ0n) is 13.1. The highest BCUT2D eigenvalue weighted by Gasteiger charge is 2.26. The Morgan fingerprint density at radius 3 is 2.25 bits per heavy atom. The van der Waals surface area contributed by atoms with E-state index in [1.54, 1.807) is 0 Å². The van der Waals surface area contributed by atoms with E-state index in [0.29, 0.717) is 12.1 Å². The molecule has 0 spiro atoms. The van der Waals surface area contributed by atoms with Crippen molar-refractivity contribution in [3.8, 4) is 0 Å². The highest BCUT2D eigenvalue weighted by atomic mass is 16.2. The van der Waals surface area contributed by atoms with Gasteiger partial charge in [-0.2, -0.15) is 0 Å². The number of piperidine rings is 1. The van der Waals surface area contributed by atoms with Gasteiger partial charge in [-0.1, -0.05) is 17.7 Å². The molecule has 1 fully saturated rings. The van der Waals surface area contributed by atoms with Crippen LogP contribution >= 0.6 is 0 Å². The number of carbonyl (C=O) groups excluding carboxylic acids is 1. The summed E-state index contributed by atoms with van der Waals surface area (Å²) in [6.07, 6.45) is 2.15. The van der Waals surface area contributed by atoms with E-state index in [4.69, 9.17) is 0 Å². The van der Waals surface area contributed by atoms with E-state index >= 15 is 0 Å². The molecule has 20 heavy (non-hydrogen) atoms. The minimum atomic E-state index is 0.146. The van der Waals surface area contributed by atoms with Crippen LogP contribution in [0.15, 0.2) is 24.3 Å². The molecular weight excluding hydrogens is 248 g/mol. The van der Waals surface area contributed by atoms with Crippen LogP contribution in [-0.2, 0) is 0 Å². The second-order valence-corrected chi connectivity index (χ2v) is 6.14. The van der Waals surface area contributed by atoms with Crippen LogP contribution in [0.3, 0.4) is 0 Å². The first-order valence-electron chi connectivity index (χ1n) is 7.57. The van der Waals surface area contributed by atoms with Crippen LogP contribution in [0.2, 0.25) is 0 Å². The smallest absolute Gasteiger partial charge is 0.253 e. The number of likely N-dealkylation sites (tertiary alicyclic amines) is 1. The number of rotatable bonds is 3. The molecule has 0 unspecified atom stereocenters. The zero-order chi connectivity index (χ0) is 14.7. The Morgan fingerprint density at radius 1 is 1.20 bits per heavy atom. The number of aryl methyl sites for hydroxylation is 1. The van der Waals surface area contributed by atoms with Crippen LogP contribution in [0, 0.1) is 6.92 Å². The van der Waals surface area contributed by atoms with Crippen molar-refractivity contribution in [2.75, 3.05) is 20.1 Å². The molecule has 0 aromatic heterocycles. The lowest BCUT2D eigenvalue weighted by molar-refractivity contribution is 0.0615. The minimum Gasteiger partial charge on any atom is -0.339 e. The molecule has 110 valence electrons. The van der Waals surface area contributed by atoms with E-state index in [9.17, 15) is 4.79 Å². The van der Waals surface area contributed by atoms with E-state index in [1.807, 2.05) is 43.1 Å². The normalized spacial score (nSPS) is 17.4. The molecule has 1 aliphatic rings. The monoisotopic (exact) mass is 274 g/mol. The molecule has 1 saturated heterocycles. The molecule has 1 aromatic carbocycles. The van der Waals surface area contributed by atoms with Crippen molar-refractivity contribution in [3.63, 3.8) is 0 Å². The molecule has 1 heterocycles. The predicted octanol–water partition coefficient (Wildman–Crippen LogP) is 2.94. The van der Waals surface area contributed by atoms with Crippen LogP contribution in [-0.4, -0.2) is 47.9 Å². The topological polar surface area (TPSA) is 23.6 Å². The van der Waals surface area contributed by atoms with E-state index < -0.39 is 0 Å². The van der Waals surface area contributed by atoms with Gasteiger partial charge in [-0.3, -0.25) is 4.79 Å². The Balaban J connectivity index is 1.96. The van der Waals surface area contributed by atoms with Gasteiger partial charge in [0, 0.05) is 37.8 Å². The minimum absolute atomic E-state index is 0.146. The number of hydrogen-bond donors (Lipinski definition) is 0. The lowest BCUT2D eigenvalue weighted by atomic mass is 10.0. The maximum Gasteiger partial charge on any atom is 0.253 e. The van der Waals surface area contributed by atoms with Gasteiger partial charge in [0.15, 0.2) is 0 Å². The van der Waals surface area contributed by atoms with Gasteiger partial charge >= 0.3 is 0 Å². The molecule has 1 amide bonds. The van der Waals surface area contributed by atoms with Gasteiger partial charge in [0.05, 0.1) is 0 Å². The van der Waals surface area contributed by atoms with Crippen LogP contribution < -0.4 is 0 Å². The van der Waals surface area contributed by atoms with Gasteiger partial charge < -0.3 is 9.80 Å². The molecule has 0 N–H and O–H groups in total. The van der Waals surface area contributed by atoms with Gasteiger partial charge in [-0.25, -0.2) is 0 Å². The molecule has 0 saturated carbocycles. The maximum absolute atomic E-state index is 12.5. The quantitative estimate of drug-likeness (QED) is 0.846. The number of benzene rings is 1. The average molecular weight is 274 g/mol. The summed E-state index contributed by atoms with van der Waals surface area (Å²) in [4.78, 5) is 16.9. The molecule has 3 heteroatoms. The summed E-state index contributed by atoms with van der Waals surface area (Å²) in [6, 6.07) is 8.84. The van der Waals surface area contributed by atoms with Crippen molar-refractivity contribution in [2.45, 2.75) is 45.7 Å². The maximum atomic E-state index is 12.5. The summed E-state index contributed by atoms with van der Waals surface area (Å²) >= 11 is 0. The largest absolute Gasteiger partial charge is 0.339 e. The van der Waals surface area contributed by atoms with Crippen LogP contribution in [0.5, 0.6) is 0 Å². The Hall–Kier alpha value is -1.35. The van der Waals surface area contributed by atoms with Crippen LogP contribution in [0.1, 0.15) is 42.6 Å². The van der Waals surface area contributed by atoms with E-state index in [-0.39, 0.29) is 5.91 Å². The van der Waals surface area contributed by atoms with Crippen molar-refractivity contribution < 1.29 is 4.79 Å². The number of amides is 1. The third kappa shape index (κ3) is 3.40. The molecular formula is C17H26N2O. The lowest BCUT2D eigenvalue weighted by Gasteiger charge is -2.38. The van der Waals surface area contributed by atoms with Crippen molar-refractivity contribution in [1.82, 2.24) is 9.80 Å². The summed E-state index contributed by atoms with van der Waals surface area (Å²) < 4.78 is 0. The first-order valence-corrected chi connectivity index (χ1v) is 7.57. The first-order chi connectivity index (χ1) is 9.49. The Bertz CT molecular complexity index is 445. The number of carbonyl (C=O) groups is 1. The summed E-state index contributed by atoms with van der Waals surface area (Å²) in [5.41, 5.74) is 1.99. The first kappa shape index (κ1) is 15.0. The molecule has 1 aliphatic heterocycles. The fourth-order valence-electron chi connectivity index (χ4n) is 2.86. The van der Waals surface area contributed by atoms with E-state index in [2.05, 4.69) is 18.7 Å². The van der Waals surface area contributed by atoms with Gasteiger partial charge in [0.2, 0.25) is 0 Å². The lowest BCUT2D eigenvalue weighted by Crippen LogP contribution is -2.47. The molecule has 2 rings (SSSR count). The second-order valence-electron chi connectivity index (χ2n) is 6.14. The summed E-state index contributed by atoms with van der Waals surface area (Å²) in [5, 5.41) is 0. The van der Waals surface area contributed by atoms with E-state index in [0.717, 1.165) is 31.5 Å². The fraction of sp³-hybridized carbons (Fsp3) is 0.588. The molecule has 0 atom stereocenters. The molecule has 1 aromatic rings. The van der Waals surface area contributed by atoms with Crippen molar-refractivity contribution in [2.24, 2.45) is 0 Å². The third-order valence-corrected chi connectivity index (χ3v) is 4.40. The molecule has 3 nitrogen and oxygen atoms in total. The molecule has 0 bridgehead atoms. The van der Waals surface area contributed by atoms with Crippen molar-refractivity contribution in [3.05, 3.63) is 35.4 Å². The fourth-order valence-corrected chi connectivity index (χ4v) is 2.86. The molecule has 0 radical (unpaired) electrons. The van der Waals surface area contributed by atoms with Gasteiger partial charge in [0.25, 0.3) is 5.91 Å². The summed E-state index contributed by atoms with van der Waals surface area (Å²) in [5.74, 6) is 0.146. The van der Waals surface area contributed by atoms with Gasteiger partial charge in [-0.05, 0) is 45.7 Å². The Kier molecular flexibility index (Phi) is 4.81. The highest BCUT2D eigenvalue weighted by molar-refractivity contribution is 5.94. The van der Waals surface area contributed by atoms with Crippen LogP contribution in [0.25, 0.3) is 0 Å². The average Bonchev–Trinajstić information content (AvgIpc) is 2.46. The standard InChI is InChI=1S/C17H26N2O/c1-13(2)19-11-9-16(10-12-19)18(4)17(20)15-7-5-14(3)6-8-15/h5-8,13,16H,9-12H2,1-4H3. The Morgan fingerprint density at radius 2 is 1.75 bits per heavy atom. The van der Waals surface area contributed by atoms with Crippen LogP contribution in [0.4, 0.5) is 0 Å². The van der Waals surface area contributed by atoms with Gasteiger partial charge in [-0.15, -0.1) is 0 Å². The zero-order valence-corrected chi connectivity index (χ0v) is 13.1.